The first-order valence-electron chi connectivity index (χ1n) is 7.79. The molecule has 0 bridgehead atoms. The van der Waals surface area contributed by atoms with Crippen LogP contribution in [-0.4, -0.2) is 30.6 Å². The number of hydrogen-bond donors (Lipinski definition) is 2. The molecule has 0 saturated heterocycles. The molecule has 20 heavy (non-hydrogen) atoms. The Hall–Kier alpha value is -0.900. The lowest BCUT2D eigenvalue weighted by molar-refractivity contribution is 0.0771. The molecule has 1 aromatic rings. The fraction of sp³-hybridized carbons (Fsp3) is 0.647. The molecule has 1 aliphatic rings. The van der Waals surface area contributed by atoms with Crippen molar-refractivity contribution >= 4 is 0 Å². The molecule has 0 radical (unpaired) electrons. The Morgan fingerprint density at radius 3 is 2.30 bits per heavy atom. The standard InChI is InChI=1S/C17H29N3/c1-5-17(6-2,20(3)4)16(19-18)15-12-14(15)13-10-8-7-9-11-13/h7-11,14-16,19H,5-6,12,18H2,1-4H3. The molecular formula is C17H29N3. The highest BCUT2D eigenvalue weighted by Crippen LogP contribution is 2.52. The lowest BCUT2D eigenvalue weighted by atomic mass is 9.80. The first kappa shape index (κ1) is 15.5. The zero-order valence-corrected chi connectivity index (χ0v) is 13.3. The number of rotatable bonds is 7. The molecule has 3 unspecified atom stereocenters. The number of benzene rings is 1. The van der Waals surface area contributed by atoms with Crippen molar-refractivity contribution in [3.63, 3.8) is 0 Å². The summed E-state index contributed by atoms with van der Waals surface area (Å²) >= 11 is 0. The van der Waals surface area contributed by atoms with Gasteiger partial charge in [0.25, 0.3) is 0 Å². The van der Waals surface area contributed by atoms with Crippen LogP contribution < -0.4 is 11.3 Å². The predicted molar refractivity (Wildman–Crippen MR) is 85.4 cm³/mol. The topological polar surface area (TPSA) is 41.3 Å². The van der Waals surface area contributed by atoms with Gasteiger partial charge in [-0.1, -0.05) is 44.2 Å². The van der Waals surface area contributed by atoms with E-state index in [1.54, 1.807) is 0 Å². The molecule has 1 fully saturated rings. The van der Waals surface area contributed by atoms with Crippen molar-refractivity contribution in [3.05, 3.63) is 35.9 Å². The maximum atomic E-state index is 5.95. The second-order valence-corrected chi connectivity index (χ2v) is 6.27. The molecule has 1 aromatic carbocycles. The van der Waals surface area contributed by atoms with E-state index in [0.717, 1.165) is 12.8 Å². The van der Waals surface area contributed by atoms with Crippen LogP contribution in [0.1, 0.15) is 44.6 Å². The van der Waals surface area contributed by atoms with Crippen LogP contribution in [0.25, 0.3) is 0 Å². The van der Waals surface area contributed by atoms with E-state index >= 15 is 0 Å². The second kappa shape index (κ2) is 6.25. The zero-order chi connectivity index (χ0) is 14.8. The Bertz CT molecular complexity index is 412. The van der Waals surface area contributed by atoms with Crippen molar-refractivity contribution < 1.29 is 0 Å². The van der Waals surface area contributed by atoms with Gasteiger partial charge in [0.2, 0.25) is 0 Å². The highest BCUT2D eigenvalue weighted by atomic mass is 15.3. The Labute approximate surface area is 123 Å². The summed E-state index contributed by atoms with van der Waals surface area (Å²) in [6.45, 7) is 4.54. The van der Waals surface area contributed by atoms with Crippen molar-refractivity contribution in [3.8, 4) is 0 Å². The summed E-state index contributed by atoms with van der Waals surface area (Å²) in [5.41, 5.74) is 4.74. The van der Waals surface area contributed by atoms with Crippen molar-refractivity contribution in [1.29, 1.82) is 0 Å². The molecule has 3 atom stereocenters. The minimum absolute atomic E-state index is 0.142. The van der Waals surface area contributed by atoms with Crippen LogP contribution in [0.15, 0.2) is 30.3 Å². The Morgan fingerprint density at radius 1 is 1.25 bits per heavy atom. The van der Waals surface area contributed by atoms with Crippen LogP contribution in [0.2, 0.25) is 0 Å². The molecule has 0 amide bonds. The van der Waals surface area contributed by atoms with Crippen molar-refractivity contribution in [2.45, 2.75) is 50.6 Å². The lowest BCUT2D eigenvalue weighted by Gasteiger charge is -2.45. The molecule has 3 nitrogen and oxygen atoms in total. The van der Waals surface area contributed by atoms with E-state index in [0.29, 0.717) is 17.9 Å². The van der Waals surface area contributed by atoms with Crippen LogP contribution in [0, 0.1) is 5.92 Å². The third kappa shape index (κ3) is 2.62. The van der Waals surface area contributed by atoms with E-state index in [2.05, 4.69) is 68.6 Å². The summed E-state index contributed by atoms with van der Waals surface area (Å²) in [7, 11) is 4.36. The first-order chi connectivity index (χ1) is 9.60. The van der Waals surface area contributed by atoms with Gasteiger partial charge in [-0.3, -0.25) is 11.3 Å². The largest absolute Gasteiger partial charge is 0.302 e. The van der Waals surface area contributed by atoms with Crippen LogP contribution in [-0.2, 0) is 0 Å². The molecule has 2 rings (SSSR count). The van der Waals surface area contributed by atoms with Gasteiger partial charge in [0.1, 0.15) is 0 Å². The molecule has 1 aliphatic carbocycles. The van der Waals surface area contributed by atoms with Crippen molar-refractivity contribution in [1.82, 2.24) is 10.3 Å². The van der Waals surface area contributed by atoms with Crippen LogP contribution >= 0.6 is 0 Å². The molecule has 112 valence electrons. The second-order valence-electron chi connectivity index (χ2n) is 6.27. The fourth-order valence-corrected chi connectivity index (χ4v) is 3.94. The quantitative estimate of drug-likeness (QED) is 0.594. The smallest absolute Gasteiger partial charge is 0.0428 e. The summed E-state index contributed by atoms with van der Waals surface area (Å²) < 4.78 is 0. The molecule has 0 aromatic heterocycles. The Kier molecular flexibility index (Phi) is 4.84. The SMILES string of the molecule is CCC(CC)(C(NN)C1CC1c1ccccc1)N(C)C. The molecule has 0 spiro atoms. The third-order valence-corrected chi connectivity index (χ3v) is 5.37. The van der Waals surface area contributed by atoms with Gasteiger partial charge >= 0.3 is 0 Å². The number of hydrazine groups is 1. The van der Waals surface area contributed by atoms with E-state index in [1.165, 1.54) is 12.0 Å². The number of nitrogens with zero attached hydrogens (tertiary/aromatic N) is 1. The van der Waals surface area contributed by atoms with Gasteiger partial charge in [-0.05, 0) is 50.8 Å². The van der Waals surface area contributed by atoms with Crippen LogP contribution in [0.4, 0.5) is 0 Å². The number of likely N-dealkylation sites (N-methyl/N-ethyl adjacent to an activating group) is 1. The summed E-state index contributed by atoms with van der Waals surface area (Å²) in [5.74, 6) is 7.26. The van der Waals surface area contributed by atoms with E-state index in [9.17, 15) is 0 Å². The third-order valence-electron chi connectivity index (χ3n) is 5.37. The minimum Gasteiger partial charge on any atom is -0.302 e. The highest BCUT2D eigenvalue weighted by molar-refractivity contribution is 5.28. The van der Waals surface area contributed by atoms with Crippen molar-refractivity contribution in [2.24, 2.45) is 11.8 Å². The van der Waals surface area contributed by atoms with Gasteiger partial charge < -0.3 is 4.90 Å². The summed E-state index contributed by atoms with van der Waals surface area (Å²) in [6.07, 6.45) is 3.47. The monoisotopic (exact) mass is 275 g/mol. The molecule has 0 aliphatic heterocycles. The molecule has 3 N–H and O–H groups in total. The number of nitrogens with one attached hydrogen (secondary N) is 1. The van der Waals surface area contributed by atoms with E-state index < -0.39 is 0 Å². The van der Waals surface area contributed by atoms with E-state index in [1.807, 2.05) is 0 Å². The zero-order valence-electron chi connectivity index (χ0n) is 13.3. The van der Waals surface area contributed by atoms with Gasteiger partial charge in [-0.2, -0.15) is 0 Å². The van der Waals surface area contributed by atoms with Crippen LogP contribution in [0.3, 0.4) is 0 Å². The van der Waals surface area contributed by atoms with E-state index in [-0.39, 0.29) is 5.54 Å². The summed E-state index contributed by atoms with van der Waals surface area (Å²) in [6, 6.07) is 11.2. The van der Waals surface area contributed by atoms with E-state index in [4.69, 9.17) is 5.84 Å². The average molecular weight is 275 g/mol. The van der Waals surface area contributed by atoms with Gasteiger partial charge in [0, 0.05) is 11.6 Å². The maximum absolute atomic E-state index is 5.95. The molecular weight excluding hydrogens is 246 g/mol. The lowest BCUT2D eigenvalue weighted by Crippen LogP contribution is -2.61. The minimum atomic E-state index is 0.142. The van der Waals surface area contributed by atoms with Gasteiger partial charge in [0.05, 0.1) is 0 Å². The molecule has 3 heteroatoms. The van der Waals surface area contributed by atoms with Crippen molar-refractivity contribution in [2.75, 3.05) is 14.1 Å². The number of nitrogens with two attached hydrogens (primary N) is 1. The van der Waals surface area contributed by atoms with Crippen LogP contribution in [0.5, 0.6) is 0 Å². The Balaban J connectivity index is 2.18. The first-order valence-corrected chi connectivity index (χ1v) is 7.79. The summed E-state index contributed by atoms with van der Waals surface area (Å²) in [5, 5.41) is 0. The summed E-state index contributed by atoms with van der Waals surface area (Å²) in [4.78, 5) is 2.36. The fourth-order valence-electron chi connectivity index (χ4n) is 3.94. The predicted octanol–water partition coefficient (Wildman–Crippen LogP) is 2.74. The molecule has 1 saturated carbocycles. The molecule has 0 heterocycles. The highest BCUT2D eigenvalue weighted by Gasteiger charge is 2.51. The van der Waals surface area contributed by atoms with Gasteiger partial charge in [-0.15, -0.1) is 0 Å². The normalized spacial score (nSPS) is 23.9. The number of hydrogen-bond acceptors (Lipinski definition) is 3. The van der Waals surface area contributed by atoms with Gasteiger partial charge in [-0.25, -0.2) is 0 Å². The van der Waals surface area contributed by atoms with Gasteiger partial charge in [0.15, 0.2) is 0 Å². The Morgan fingerprint density at radius 2 is 1.85 bits per heavy atom. The maximum Gasteiger partial charge on any atom is 0.0428 e. The average Bonchev–Trinajstić information content (AvgIpc) is 3.25.